The quantitative estimate of drug-likeness (QED) is 0.532. The van der Waals surface area contributed by atoms with E-state index in [1.165, 1.54) is 0 Å². The van der Waals surface area contributed by atoms with Crippen LogP contribution in [0.2, 0.25) is 0 Å². The molecular weight excluding hydrogens is 425 g/mol. The normalized spacial score (nSPS) is 13.3. The van der Waals surface area contributed by atoms with Gasteiger partial charge in [-0.1, -0.05) is 48.5 Å². The number of hydrogen-bond donors (Lipinski definition) is 2. The minimum atomic E-state index is -1.53. The van der Waals surface area contributed by atoms with Gasteiger partial charge in [0.1, 0.15) is 18.2 Å². The van der Waals surface area contributed by atoms with E-state index >= 15 is 0 Å². The summed E-state index contributed by atoms with van der Waals surface area (Å²) < 4.78 is 19.5. The van der Waals surface area contributed by atoms with Gasteiger partial charge >= 0.3 is 12.1 Å². The van der Waals surface area contributed by atoms with Crippen LogP contribution in [0.3, 0.4) is 0 Å². The molecule has 0 spiro atoms. The van der Waals surface area contributed by atoms with Crippen molar-refractivity contribution in [2.24, 2.45) is 0 Å². The third-order valence-electron chi connectivity index (χ3n) is 5.84. The summed E-state index contributed by atoms with van der Waals surface area (Å²) in [5, 5.41) is 19.6. The molecule has 3 aromatic rings. The number of carboxylic acid groups (broad SMARTS) is 1. The molecule has 1 aliphatic carbocycles. The Kier molecular flexibility index (Phi) is 6.05. The smallest absolute Gasteiger partial charge is 0.411 e. The molecule has 0 saturated heterocycles. The van der Waals surface area contributed by atoms with Crippen molar-refractivity contribution in [1.82, 2.24) is 4.90 Å². The number of aliphatic carboxylic acids is 1. The summed E-state index contributed by atoms with van der Waals surface area (Å²) in [4.78, 5) is 26.3. The second kappa shape index (κ2) is 8.94. The van der Waals surface area contributed by atoms with Gasteiger partial charge in [0, 0.05) is 18.0 Å². The molecule has 1 unspecified atom stereocenters. The number of carbonyl (C=O) groups is 2. The third-order valence-corrected chi connectivity index (χ3v) is 5.84. The lowest BCUT2D eigenvalue weighted by atomic mass is 9.98. The van der Waals surface area contributed by atoms with Crippen molar-refractivity contribution in [3.63, 3.8) is 0 Å². The zero-order valence-electron chi connectivity index (χ0n) is 18.2. The van der Waals surface area contributed by atoms with Gasteiger partial charge in [-0.15, -0.1) is 0 Å². The van der Waals surface area contributed by atoms with E-state index in [0.717, 1.165) is 45.4 Å². The number of amides is 1. The van der Waals surface area contributed by atoms with Crippen LogP contribution in [-0.4, -0.2) is 39.8 Å². The minimum Gasteiger partial charge on any atom is -0.508 e. The summed E-state index contributed by atoms with van der Waals surface area (Å²) in [7, 11) is 0. The van der Waals surface area contributed by atoms with Crippen LogP contribution in [0.5, 0.6) is 5.75 Å². The van der Waals surface area contributed by atoms with Gasteiger partial charge in [0.05, 0.1) is 0 Å². The van der Waals surface area contributed by atoms with Gasteiger partial charge in [0.15, 0.2) is 6.04 Å². The molecular formula is C26H24FNO5. The van der Waals surface area contributed by atoms with Crippen LogP contribution in [0.15, 0.2) is 66.7 Å². The number of aromatic hydroxyl groups is 1. The molecule has 0 fully saturated rings. The first kappa shape index (κ1) is 22.3. The molecule has 1 aliphatic rings. The molecule has 2 N–H and O–H groups in total. The molecule has 0 radical (unpaired) electrons. The number of carbonyl (C=O) groups excluding carboxylic acids is 1. The number of nitrogens with zero attached hydrogens (tertiary/aromatic N) is 1. The molecule has 170 valence electrons. The van der Waals surface area contributed by atoms with E-state index in [2.05, 4.69) is 0 Å². The number of benzene rings is 3. The fraction of sp³-hybridized carbons (Fsp3) is 0.231. The van der Waals surface area contributed by atoms with Crippen molar-refractivity contribution in [3.05, 3.63) is 89.2 Å². The Hall–Kier alpha value is -3.87. The van der Waals surface area contributed by atoms with Gasteiger partial charge in [-0.2, -0.15) is 0 Å². The zero-order chi connectivity index (χ0) is 23.7. The van der Waals surface area contributed by atoms with E-state index in [1.807, 2.05) is 48.5 Å². The Balaban J connectivity index is 1.61. The topological polar surface area (TPSA) is 87.1 Å². The lowest BCUT2D eigenvalue weighted by Gasteiger charge is -2.32. The van der Waals surface area contributed by atoms with Crippen molar-refractivity contribution in [2.75, 3.05) is 6.61 Å². The fourth-order valence-electron chi connectivity index (χ4n) is 4.46. The highest BCUT2D eigenvalue weighted by Crippen LogP contribution is 2.44. The number of ether oxygens (including phenoxy) is 1. The molecule has 3 aromatic carbocycles. The maximum absolute atomic E-state index is 13.9. The Labute approximate surface area is 190 Å². The Morgan fingerprint density at radius 1 is 1.00 bits per heavy atom. The van der Waals surface area contributed by atoms with Crippen molar-refractivity contribution >= 4 is 12.1 Å². The SMILES string of the molecule is CC(C)N(C(=O)OCC1c2ccccc2-c2ccccc21)C(C(=O)O)c1cc(O)cc(F)c1. The lowest BCUT2D eigenvalue weighted by molar-refractivity contribution is -0.143. The van der Waals surface area contributed by atoms with E-state index in [-0.39, 0.29) is 18.1 Å². The van der Waals surface area contributed by atoms with Gasteiger partial charge in [0.2, 0.25) is 0 Å². The number of halogens is 1. The molecule has 7 heteroatoms. The van der Waals surface area contributed by atoms with Crippen LogP contribution < -0.4 is 0 Å². The number of rotatable bonds is 6. The molecule has 33 heavy (non-hydrogen) atoms. The number of fused-ring (bicyclic) bond motifs is 3. The average Bonchev–Trinajstić information content (AvgIpc) is 3.08. The van der Waals surface area contributed by atoms with Gasteiger partial charge in [-0.25, -0.2) is 14.0 Å². The van der Waals surface area contributed by atoms with E-state index < -0.39 is 35.7 Å². The number of carboxylic acids is 1. The van der Waals surface area contributed by atoms with E-state index in [4.69, 9.17) is 4.74 Å². The Morgan fingerprint density at radius 3 is 2.09 bits per heavy atom. The number of hydrogen-bond acceptors (Lipinski definition) is 4. The highest BCUT2D eigenvalue weighted by Gasteiger charge is 2.36. The second-order valence-corrected chi connectivity index (χ2v) is 8.29. The average molecular weight is 449 g/mol. The van der Waals surface area contributed by atoms with E-state index in [9.17, 15) is 24.2 Å². The monoisotopic (exact) mass is 449 g/mol. The van der Waals surface area contributed by atoms with Gasteiger partial charge < -0.3 is 14.9 Å². The maximum atomic E-state index is 13.9. The molecule has 0 heterocycles. The van der Waals surface area contributed by atoms with Gasteiger partial charge in [-0.05, 0) is 53.8 Å². The van der Waals surface area contributed by atoms with Crippen molar-refractivity contribution < 1.29 is 28.9 Å². The summed E-state index contributed by atoms with van der Waals surface area (Å²) in [5.41, 5.74) is 4.17. The maximum Gasteiger partial charge on any atom is 0.411 e. The second-order valence-electron chi connectivity index (χ2n) is 8.29. The van der Waals surface area contributed by atoms with Crippen molar-refractivity contribution in [1.29, 1.82) is 0 Å². The Bertz CT molecular complexity index is 1140. The number of phenolic OH excluding ortho intramolecular Hbond substituents is 1. The van der Waals surface area contributed by atoms with Gasteiger partial charge in [0.25, 0.3) is 0 Å². The Morgan fingerprint density at radius 2 is 1.58 bits per heavy atom. The summed E-state index contributed by atoms with van der Waals surface area (Å²) in [6, 6.07) is 16.7. The molecule has 0 saturated carbocycles. The van der Waals surface area contributed by atoms with Crippen molar-refractivity contribution in [2.45, 2.75) is 31.8 Å². The molecule has 6 nitrogen and oxygen atoms in total. The standard InChI is InChI=1S/C26H24FNO5/c1-15(2)28(24(25(30)31)16-11-17(27)13-18(29)12-16)26(32)33-14-23-21-9-5-3-7-19(21)20-8-4-6-10-22(20)23/h3-13,15,23-24,29H,14H2,1-2H3,(H,30,31). The van der Waals surface area contributed by atoms with Gasteiger partial charge in [-0.3, -0.25) is 4.90 Å². The lowest BCUT2D eigenvalue weighted by Crippen LogP contribution is -2.44. The first-order valence-electron chi connectivity index (χ1n) is 10.6. The highest BCUT2D eigenvalue weighted by atomic mass is 19.1. The van der Waals surface area contributed by atoms with E-state index in [0.29, 0.717) is 0 Å². The predicted molar refractivity (Wildman–Crippen MR) is 120 cm³/mol. The van der Waals surface area contributed by atoms with Crippen molar-refractivity contribution in [3.8, 4) is 16.9 Å². The summed E-state index contributed by atoms with van der Waals surface area (Å²) in [5.74, 6) is -2.76. The van der Waals surface area contributed by atoms with Crippen LogP contribution in [0, 0.1) is 5.82 Å². The van der Waals surface area contributed by atoms with E-state index in [1.54, 1.807) is 13.8 Å². The molecule has 1 atom stereocenters. The van der Waals surface area contributed by atoms with Crippen LogP contribution in [0.25, 0.3) is 11.1 Å². The molecule has 0 bridgehead atoms. The predicted octanol–water partition coefficient (Wildman–Crippen LogP) is 5.32. The number of phenols is 1. The van der Waals surface area contributed by atoms with Crippen LogP contribution in [-0.2, 0) is 9.53 Å². The summed E-state index contributed by atoms with van der Waals surface area (Å²) in [6.07, 6.45) is -0.831. The van der Waals surface area contributed by atoms with Crippen LogP contribution in [0.1, 0.15) is 42.5 Å². The fourth-order valence-corrected chi connectivity index (χ4v) is 4.46. The highest BCUT2D eigenvalue weighted by molar-refractivity contribution is 5.82. The zero-order valence-corrected chi connectivity index (χ0v) is 18.2. The molecule has 4 rings (SSSR count). The first-order chi connectivity index (χ1) is 15.8. The first-order valence-corrected chi connectivity index (χ1v) is 10.6. The largest absolute Gasteiger partial charge is 0.508 e. The molecule has 0 aliphatic heterocycles. The summed E-state index contributed by atoms with van der Waals surface area (Å²) >= 11 is 0. The minimum absolute atomic E-state index is 0.0246. The summed E-state index contributed by atoms with van der Waals surface area (Å²) in [6.45, 7) is 3.32. The third kappa shape index (κ3) is 4.26. The van der Waals surface area contributed by atoms with Crippen LogP contribution in [0.4, 0.5) is 9.18 Å². The molecule has 1 amide bonds. The molecule has 0 aromatic heterocycles. The van der Waals surface area contributed by atoms with Crippen LogP contribution >= 0.6 is 0 Å².